The van der Waals surface area contributed by atoms with Gasteiger partial charge < -0.3 is 14.4 Å². The number of nitrogens with zero attached hydrogens (tertiary/aromatic N) is 3. The quantitative estimate of drug-likeness (QED) is 0.495. The maximum atomic E-state index is 14.0. The lowest BCUT2D eigenvalue weighted by atomic mass is 10.0. The summed E-state index contributed by atoms with van der Waals surface area (Å²) in [5, 5.41) is 19.0. The first-order valence-electron chi connectivity index (χ1n) is 8.79. The van der Waals surface area contributed by atoms with Gasteiger partial charge in [0.25, 0.3) is 5.89 Å². The summed E-state index contributed by atoms with van der Waals surface area (Å²) in [6, 6.07) is 6.77. The van der Waals surface area contributed by atoms with E-state index in [1.54, 1.807) is 0 Å². The van der Waals surface area contributed by atoms with Crippen molar-refractivity contribution in [1.82, 2.24) is 15.1 Å². The van der Waals surface area contributed by atoms with Crippen molar-refractivity contribution >= 4 is 10.0 Å². The molecule has 1 atom stereocenters. The van der Waals surface area contributed by atoms with E-state index in [0.717, 1.165) is 18.2 Å². The summed E-state index contributed by atoms with van der Waals surface area (Å²) in [6.07, 6.45) is -5.25. The fourth-order valence-electron chi connectivity index (χ4n) is 2.80. The maximum absolute atomic E-state index is 14.0. The van der Waals surface area contributed by atoms with Gasteiger partial charge in [-0.3, -0.25) is 0 Å². The Balaban J connectivity index is 1.84. The minimum atomic E-state index is -4.93. The highest BCUT2D eigenvalue weighted by molar-refractivity contribution is 7.89. The molecule has 0 bridgehead atoms. The Labute approximate surface area is 178 Å². The molecule has 0 saturated carbocycles. The summed E-state index contributed by atoms with van der Waals surface area (Å²) < 4.78 is 82.6. The van der Waals surface area contributed by atoms with E-state index in [0.29, 0.717) is 0 Å². The third-order valence-electron chi connectivity index (χ3n) is 4.07. The van der Waals surface area contributed by atoms with Gasteiger partial charge in [-0.2, -0.15) is 4.98 Å². The van der Waals surface area contributed by atoms with Crippen LogP contribution < -0.4 is 9.88 Å². The fraction of sp³-hybridized carbons (Fsp3) is 0.278. The number of primary sulfonamides is 1. The summed E-state index contributed by atoms with van der Waals surface area (Å²) in [4.78, 5) is 8.13. The molecule has 9 nitrogen and oxygen atoms in total. The number of pyridine rings is 1. The van der Waals surface area contributed by atoms with Crippen molar-refractivity contribution in [3.8, 4) is 17.3 Å². The highest BCUT2D eigenvalue weighted by Gasteiger charge is 2.32. The van der Waals surface area contributed by atoms with Crippen molar-refractivity contribution < 1.29 is 40.3 Å². The van der Waals surface area contributed by atoms with Gasteiger partial charge in [0.05, 0.1) is 11.4 Å². The van der Waals surface area contributed by atoms with E-state index in [-0.39, 0.29) is 35.1 Å². The number of hydrogen-bond donors (Lipinski definition) is 2. The molecule has 1 aromatic carbocycles. The molecule has 0 aliphatic heterocycles. The van der Waals surface area contributed by atoms with Gasteiger partial charge in [-0.05, 0) is 42.8 Å². The molecule has 0 radical (unpaired) electrons. The van der Waals surface area contributed by atoms with Crippen molar-refractivity contribution in [1.29, 1.82) is 0 Å². The highest BCUT2D eigenvalue weighted by Crippen LogP contribution is 2.27. The van der Waals surface area contributed by atoms with Gasteiger partial charge >= 0.3 is 6.36 Å². The molecule has 1 unspecified atom stereocenters. The summed E-state index contributed by atoms with van der Waals surface area (Å²) in [7, 11) is -4.01. The zero-order valence-electron chi connectivity index (χ0n) is 16.3. The number of alkyl halides is 3. The Morgan fingerprint density at radius 1 is 1.19 bits per heavy atom. The Hall–Kier alpha value is -3.10. The van der Waals surface area contributed by atoms with E-state index in [1.165, 1.54) is 25.1 Å². The molecular formula is C18H16F4N4O5S. The molecule has 172 valence electrons. The second-order valence-corrected chi connectivity index (χ2v) is 8.60. The lowest BCUT2D eigenvalue weighted by Gasteiger charge is -2.21. The summed E-state index contributed by atoms with van der Waals surface area (Å²) >= 11 is 0. The number of aliphatic hydroxyl groups is 1. The summed E-state index contributed by atoms with van der Waals surface area (Å²) in [5.41, 5.74) is -2.04. The van der Waals surface area contributed by atoms with Crippen molar-refractivity contribution in [3.63, 3.8) is 0 Å². The lowest BCUT2D eigenvalue weighted by molar-refractivity contribution is -0.274. The number of halogens is 4. The lowest BCUT2D eigenvalue weighted by Crippen LogP contribution is -2.35. The minimum absolute atomic E-state index is 0.0354. The molecular weight excluding hydrogens is 460 g/mol. The summed E-state index contributed by atoms with van der Waals surface area (Å²) in [5.74, 6) is -2.40. The van der Waals surface area contributed by atoms with Crippen LogP contribution in [0.3, 0.4) is 0 Å². The second kappa shape index (κ2) is 8.44. The summed E-state index contributed by atoms with van der Waals surface area (Å²) in [6.45, 7) is 1.21. The Morgan fingerprint density at radius 2 is 1.91 bits per heavy atom. The first-order valence-corrected chi connectivity index (χ1v) is 10.5. The van der Waals surface area contributed by atoms with Crippen LogP contribution in [0.1, 0.15) is 24.0 Å². The van der Waals surface area contributed by atoms with Crippen LogP contribution >= 0.6 is 0 Å². The van der Waals surface area contributed by atoms with E-state index >= 15 is 0 Å². The van der Waals surface area contributed by atoms with Crippen molar-refractivity contribution in [2.75, 3.05) is 5.75 Å². The topological polar surface area (TPSA) is 141 Å². The van der Waals surface area contributed by atoms with Gasteiger partial charge in [0.1, 0.15) is 22.9 Å². The molecule has 2 aromatic heterocycles. The molecule has 0 saturated heterocycles. The minimum Gasteiger partial charge on any atom is -0.406 e. The molecule has 0 aliphatic rings. The van der Waals surface area contributed by atoms with Crippen LogP contribution in [0.15, 0.2) is 40.9 Å². The SMILES string of the molecule is CC(O)(CS(N)(=O)=O)c1cccc(-c2nc(Cc3cc(OC(F)(F)F)ccc3F)no2)n1. The average Bonchev–Trinajstić information content (AvgIpc) is 3.10. The average molecular weight is 476 g/mol. The van der Waals surface area contributed by atoms with Crippen molar-refractivity contribution in [2.45, 2.75) is 25.3 Å². The second-order valence-electron chi connectivity index (χ2n) is 6.98. The van der Waals surface area contributed by atoms with Crippen LogP contribution in [0, 0.1) is 5.82 Å². The smallest absolute Gasteiger partial charge is 0.406 e. The molecule has 14 heteroatoms. The molecule has 0 fully saturated rings. The number of benzene rings is 1. The first-order chi connectivity index (χ1) is 14.7. The predicted octanol–water partition coefficient (Wildman–Crippen LogP) is 2.26. The van der Waals surface area contributed by atoms with Crippen molar-refractivity contribution in [3.05, 3.63) is 59.3 Å². The van der Waals surface area contributed by atoms with Gasteiger partial charge in [-0.1, -0.05) is 11.2 Å². The van der Waals surface area contributed by atoms with Gasteiger partial charge in [-0.15, -0.1) is 13.2 Å². The van der Waals surface area contributed by atoms with Crippen LogP contribution in [0.5, 0.6) is 5.75 Å². The van der Waals surface area contributed by atoms with Gasteiger partial charge in [-0.25, -0.2) is 22.9 Å². The molecule has 32 heavy (non-hydrogen) atoms. The maximum Gasteiger partial charge on any atom is 0.573 e. The molecule has 0 amide bonds. The molecule has 3 aromatic rings. The molecule has 0 aliphatic carbocycles. The molecule has 3 N–H and O–H groups in total. The van der Waals surface area contributed by atoms with Crippen LogP contribution in [0.2, 0.25) is 0 Å². The van der Waals surface area contributed by atoms with E-state index in [9.17, 15) is 31.1 Å². The Bertz CT molecular complexity index is 1230. The van der Waals surface area contributed by atoms with Gasteiger partial charge in [0.2, 0.25) is 10.0 Å². The first kappa shape index (κ1) is 23.6. The fourth-order valence-corrected chi connectivity index (χ4v) is 3.73. The molecule has 0 spiro atoms. The van der Waals surface area contributed by atoms with Crippen LogP contribution in [0.4, 0.5) is 17.6 Å². The van der Waals surface area contributed by atoms with E-state index in [2.05, 4.69) is 19.9 Å². The third kappa shape index (κ3) is 6.21. The largest absolute Gasteiger partial charge is 0.573 e. The van der Waals surface area contributed by atoms with Gasteiger partial charge in [0, 0.05) is 6.42 Å². The van der Waals surface area contributed by atoms with E-state index < -0.39 is 39.3 Å². The number of sulfonamides is 1. The number of ether oxygens (including phenoxy) is 1. The number of hydrogen-bond acceptors (Lipinski definition) is 8. The zero-order valence-corrected chi connectivity index (χ0v) is 17.1. The van der Waals surface area contributed by atoms with Crippen molar-refractivity contribution in [2.24, 2.45) is 5.14 Å². The van der Waals surface area contributed by atoms with E-state index in [1.807, 2.05) is 0 Å². The predicted molar refractivity (Wildman–Crippen MR) is 101 cm³/mol. The molecule has 3 rings (SSSR count). The standard InChI is InChI=1S/C18H16F4N4O5S/c1-17(27,9-32(23,28)29)14-4-2-3-13(24-14)16-25-15(26-31-16)8-10-7-11(5-6-12(10)19)30-18(20,21)22/h2-7,27H,8-9H2,1H3,(H2,23,28,29). The number of rotatable bonds is 7. The monoisotopic (exact) mass is 476 g/mol. The van der Waals surface area contributed by atoms with Gasteiger partial charge in [0.15, 0.2) is 5.82 Å². The highest BCUT2D eigenvalue weighted by atomic mass is 32.2. The Kier molecular flexibility index (Phi) is 6.22. The van der Waals surface area contributed by atoms with Crippen LogP contribution in [0.25, 0.3) is 11.6 Å². The number of nitrogens with two attached hydrogens (primary N) is 1. The zero-order chi connectivity index (χ0) is 23.7. The van der Waals surface area contributed by atoms with Crippen LogP contribution in [-0.2, 0) is 22.0 Å². The number of aromatic nitrogens is 3. The van der Waals surface area contributed by atoms with E-state index in [4.69, 9.17) is 9.66 Å². The normalized spacial score (nSPS) is 14.2. The Morgan fingerprint density at radius 3 is 2.56 bits per heavy atom. The van der Waals surface area contributed by atoms with Crippen LogP contribution in [-0.4, -0.2) is 40.8 Å². The third-order valence-corrected chi connectivity index (χ3v) is 5.03. The molecule has 2 heterocycles.